The number of piperidine rings is 3. The van der Waals surface area contributed by atoms with E-state index in [1.807, 2.05) is 32.9 Å². The number of hydrogen-bond donors (Lipinski definition) is 1. The number of nitrogens with one attached hydrogen (secondary N) is 1. The number of amides is 3. The monoisotopic (exact) mass is 616 g/mol. The Bertz CT molecular complexity index is 1440. The summed E-state index contributed by atoms with van der Waals surface area (Å²) >= 11 is 1.22. The van der Waals surface area contributed by atoms with Crippen molar-refractivity contribution in [3.63, 3.8) is 0 Å². The third-order valence-electron chi connectivity index (χ3n) is 9.19. The number of alkyl halides is 1. The van der Waals surface area contributed by atoms with Crippen molar-refractivity contribution in [1.29, 1.82) is 0 Å². The summed E-state index contributed by atoms with van der Waals surface area (Å²) in [7, 11) is 0. The van der Waals surface area contributed by atoms with Crippen molar-refractivity contribution in [2.75, 3.05) is 26.2 Å². The summed E-state index contributed by atoms with van der Waals surface area (Å²) in [6.07, 6.45) is 3.55. The van der Waals surface area contributed by atoms with Crippen LogP contribution < -0.4 is 10.9 Å². The molecule has 3 aliphatic heterocycles. The highest BCUT2D eigenvalue weighted by atomic mass is 32.1. The maximum atomic E-state index is 15.6. The molecule has 3 saturated heterocycles. The van der Waals surface area contributed by atoms with Crippen LogP contribution in [0.4, 0.5) is 9.18 Å². The van der Waals surface area contributed by atoms with E-state index < -0.39 is 23.7 Å². The molecule has 1 N–H and O–H groups in total. The van der Waals surface area contributed by atoms with Crippen LogP contribution in [-0.2, 0) is 19.1 Å². The van der Waals surface area contributed by atoms with Gasteiger partial charge in [-0.25, -0.2) is 9.18 Å². The molecular weight excluding hydrogens is 575 g/mol. The SMILES string of the molecule is CC(C)(C)OC(=O)N1CCC(O[C@H]2C[C@H](N3CCC(c4ccc5sn(C6CCC(=O)NC6=O)c(=O)c5c4)C(F)C3)C2)CC1. The predicted molar refractivity (Wildman–Crippen MR) is 160 cm³/mol. The molecule has 2 aromatic rings. The number of likely N-dealkylation sites (tertiary alicyclic amines) is 2. The highest BCUT2D eigenvalue weighted by molar-refractivity contribution is 7.14. The number of halogens is 1. The molecule has 3 amide bonds. The Hall–Kier alpha value is -2.83. The van der Waals surface area contributed by atoms with E-state index in [0.29, 0.717) is 43.9 Å². The molecule has 1 aromatic carbocycles. The zero-order valence-electron chi connectivity index (χ0n) is 25.1. The Balaban J connectivity index is 0.988. The molecule has 3 atom stereocenters. The lowest BCUT2D eigenvalue weighted by Gasteiger charge is -2.47. The van der Waals surface area contributed by atoms with Gasteiger partial charge in [0.15, 0.2) is 0 Å². The Morgan fingerprint density at radius 3 is 2.44 bits per heavy atom. The quantitative estimate of drug-likeness (QED) is 0.504. The Kier molecular flexibility index (Phi) is 8.38. The van der Waals surface area contributed by atoms with Gasteiger partial charge < -0.3 is 14.4 Å². The van der Waals surface area contributed by atoms with Crippen molar-refractivity contribution in [2.24, 2.45) is 0 Å². The van der Waals surface area contributed by atoms with Crippen molar-refractivity contribution >= 4 is 39.5 Å². The summed E-state index contributed by atoms with van der Waals surface area (Å²) in [5, 5.41) is 2.81. The van der Waals surface area contributed by atoms with Gasteiger partial charge in [0.1, 0.15) is 17.8 Å². The summed E-state index contributed by atoms with van der Waals surface area (Å²) in [6.45, 7) is 8.03. The van der Waals surface area contributed by atoms with Crippen LogP contribution in [-0.4, -0.2) is 87.9 Å². The average molecular weight is 617 g/mol. The van der Waals surface area contributed by atoms with Crippen LogP contribution in [0.25, 0.3) is 10.1 Å². The number of carbonyl (C=O) groups is 3. The number of rotatable bonds is 5. The van der Waals surface area contributed by atoms with Crippen molar-refractivity contribution in [3.8, 4) is 0 Å². The minimum atomic E-state index is -1.04. The van der Waals surface area contributed by atoms with Gasteiger partial charge in [-0.2, -0.15) is 0 Å². The molecule has 4 aliphatic rings. The van der Waals surface area contributed by atoms with E-state index in [9.17, 15) is 19.2 Å². The molecule has 0 radical (unpaired) electrons. The second-order valence-electron chi connectivity index (χ2n) is 13.4. The van der Waals surface area contributed by atoms with Crippen molar-refractivity contribution in [1.82, 2.24) is 19.1 Å². The normalized spacial score (nSPS) is 29.4. The zero-order valence-corrected chi connectivity index (χ0v) is 25.9. The molecule has 0 spiro atoms. The largest absolute Gasteiger partial charge is 0.444 e. The summed E-state index contributed by atoms with van der Waals surface area (Å²) in [6, 6.07) is 5.17. The van der Waals surface area contributed by atoms with Crippen LogP contribution in [0.2, 0.25) is 0 Å². The number of fused-ring (bicyclic) bond motifs is 1. The van der Waals surface area contributed by atoms with Gasteiger partial charge in [0.2, 0.25) is 5.91 Å². The maximum absolute atomic E-state index is 15.6. The van der Waals surface area contributed by atoms with Gasteiger partial charge in [0.25, 0.3) is 11.5 Å². The highest BCUT2D eigenvalue weighted by Gasteiger charge is 2.41. The van der Waals surface area contributed by atoms with E-state index in [4.69, 9.17) is 9.47 Å². The van der Waals surface area contributed by atoms with E-state index in [-0.39, 0.29) is 42.1 Å². The van der Waals surface area contributed by atoms with Gasteiger partial charge in [0, 0.05) is 38.0 Å². The van der Waals surface area contributed by atoms with Gasteiger partial charge in [-0.15, -0.1) is 0 Å². The molecule has 1 saturated carbocycles. The Labute approximate surface area is 254 Å². The summed E-state index contributed by atoms with van der Waals surface area (Å²) in [5.74, 6) is -1.06. The van der Waals surface area contributed by atoms with Crippen molar-refractivity contribution in [2.45, 2.75) is 108 Å². The fourth-order valence-corrected chi connectivity index (χ4v) is 7.85. The van der Waals surface area contributed by atoms with Crippen LogP contribution in [0.3, 0.4) is 0 Å². The Morgan fingerprint density at radius 1 is 1.02 bits per heavy atom. The number of benzene rings is 1. The van der Waals surface area contributed by atoms with Gasteiger partial charge in [0.05, 0.1) is 22.3 Å². The molecule has 1 aromatic heterocycles. The van der Waals surface area contributed by atoms with E-state index in [1.54, 1.807) is 11.0 Å². The molecule has 234 valence electrons. The van der Waals surface area contributed by atoms with Crippen molar-refractivity contribution in [3.05, 3.63) is 34.1 Å². The molecule has 43 heavy (non-hydrogen) atoms. The number of hydrogen-bond acceptors (Lipinski definition) is 8. The first-order valence-electron chi connectivity index (χ1n) is 15.5. The van der Waals surface area contributed by atoms with Crippen LogP contribution in [0.1, 0.15) is 83.2 Å². The minimum Gasteiger partial charge on any atom is -0.444 e. The molecular formula is C31H41FN4O6S. The summed E-state index contributed by atoms with van der Waals surface area (Å²) < 4.78 is 29.6. The lowest BCUT2D eigenvalue weighted by molar-refractivity contribution is -0.135. The molecule has 12 heteroatoms. The van der Waals surface area contributed by atoms with E-state index in [1.165, 1.54) is 15.5 Å². The number of imide groups is 1. The fourth-order valence-electron chi connectivity index (χ4n) is 6.76. The zero-order chi connectivity index (χ0) is 30.5. The van der Waals surface area contributed by atoms with Crippen LogP contribution in [0, 0.1) is 0 Å². The second kappa shape index (κ2) is 11.9. The first-order valence-corrected chi connectivity index (χ1v) is 16.2. The maximum Gasteiger partial charge on any atom is 0.410 e. The second-order valence-corrected chi connectivity index (χ2v) is 14.4. The molecule has 4 heterocycles. The fraction of sp³-hybridized carbons (Fsp3) is 0.677. The average Bonchev–Trinajstić information content (AvgIpc) is 3.25. The molecule has 4 fully saturated rings. The van der Waals surface area contributed by atoms with E-state index in [2.05, 4.69) is 10.2 Å². The Morgan fingerprint density at radius 2 is 1.77 bits per heavy atom. The van der Waals surface area contributed by atoms with Gasteiger partial charge >= 0.3 is 6.09 Å². The molecule has 1 aliphatic carbocycles. The van der Waals surface area contributed by atoms with Crippen molar-refractivity contribution < 1.29 is 28.2 Å². The highest BCUT2D eigenvalue weighted by Crippen LogP contribution is 2.38. The number of ether oxygens (including phenoxy) is 2. The predicted octanol–water partition coefficient (Wildman–Crippen LogP) is 4.12. The van der Waals surface area contributed by atoms with Gasteiger partial charge in [-0.1, -0.05) is 17.6 Å². The van der Waals surface area contributed by atoms with Gasteiger partial charge in [-0.05, 0) is 83.5 Å². The molecule has 0 bridgehead atoms. The van der Waals surface area contributed by atoms with Gasteiger partial charge in [-0.3, -0.25) is 28.6 Å². The topological polar surface area (TPSA) is 110 Å². The van der Waals surface area contributed by atoms with Crippen LogP contribution in [0.5, 0.6) is 0 Å². The summed E-state index contributed by atoms with van der Waals surface area (Å²) in [4.78, 5) is 53.4. The molecule has 3 unspecified atom stereocenters. The molecule has 6 rings (SSSR count). The van der Waals surface area contributed by atoms with Crippen LogP contribution >= 0.6 is 11.5 Å². The standard InChI is InChI=1S/C31H41FN4O6S/c1-31(2,3)42-30(40)34-11-8-20(9-12-34)41-21-15-19(16-21)35-13-10-22(24(32)17-35)18-4-6-26-23(14-18)29(39)36(43-26)25-5-7-27(37)33-28(25)38/h4,6,14,19-22,24-25H,5,7-13,15-17H2,1-3H3,(H,33,37,38)/t19-,21-,22?,24?,25?. The third-order valence-corrected chi connectivity index (χ3v) is 10.4. The summed E-state index contributed by atoms with van der Waals surface area (Å²) in [5.41, 5.74) is 0.0526. The lowest BCUT2D eigenvalue weighted by atomic mass is 9.82. The molecule has 10 nitrogen and oxygen atoms in total. The number of nitrogens with zero attached hydrogens (tertiary/aromatic N) is 3. The van der Waals surface area contributed by atoms with E-state index >= 15 is 4.39 Å². The smallest absolute Gasteiger partial charge is 0.410 e. The van der Waals surface area contributed by atoms with Crippen LogP contribution in [0.15, 0.2) is 23.0 Å². The number of aromatic nitrogens is 1. The number of carbonyl (C=O) groups excluding carboxylic acids is 3. The first kappa shape index (κ1) is 30.2. The lowest BCUT2D eigenvalue weighted by Crippen LogP contribution is -2.54. The first-order chi connectivity index (χ1) is 20.4. The van der Waals surface area contributed by atoms with E-state index in [0.717, 1.165) is 42.5 Å². The minimum absolute atomic E-state index is 0.135. The third kappa shape index (κ3) is 6.51.